The van der Waals surface area contributed by atoms with Crippen molar-refractivity contribution in [2.75, 3.05) is 45.9 Å². The first-order valence-corrected chi connectivity index (χ1v) is 13.1. The van der Waals surface area contributed by atoms with Crippen LogP contribution >= 0.6 is 15.9 Å². The van der Waals surface area contributed by atoms with Gasteiger partial charge in [0, 0.05) is 42.8 Å². The van der Waals surface area contributed by atoms with Crippen molar-refractivity contribution in [1.82, 2.24) is 14.7 Å². The van der Waals surface area contributed by atoms with Gasteiger partial charge in [-0.2, -0.15) is 0 Å². The van der Waals surface area contributed by atoms with Gasteiger partial charge in [0.05, 0.1) is 26.0 Å². The molecule has 2 heterocycles. The van der Waals surface area contributed by atoms with Gasteiger partial charge < -0.3 is 19.0 Å². The molecule has 0 bridgehead atoms. The zero-order valence-corrected chi connectivity index (χ0v) is 21.9. The van der Waals surface area contributed by atoms with Crippen molar-refractivity contribution < 1.29 is 18.7 Å². The average Bonchev–Trinajstić information content (AvgIpc) is 3.42. The molecule has 1 aromatic heterocycles. The van der Waals surface area contributed by atoms with Crippen molar-refractivity contribution >= 4 is 27.7 Å². The topological polar surface area (TPSA) is 66.2 Å². The summed E-state index contributed by atoms with van der Waals surface area (Å²) >= 11 is 3.45. The average molecular weight is 554 g/mol. The fourth-order valence-electron chi connectivity index (χ4n) is 4.26. The molecule has 1 fully saturated rings. The predicted molar refractivity (Wildman–Crippen MR) is 141 cm³/mol. The van der Waals surface area contributed by atoms with Crippen molar-refractivity contribution in [1.29, 1.82) is 0 Å². The number of furan rings is 1. The van der Waals surface area contributed by atoms with E-state index in [2.05, 4.69) is 20.8 Å². The highest BCUT2D eigenvalue weighted by molar-refractivity contribution is 9.10. The monoisotopic (exact) mass is 553 g/mol. The molecule has 2 amide bonds. The molecule has 2 aromatic carbocycles. The summed E-state index contributed by atoms with van der Waals surface area (Å²) in [5.41, 5.74) is 1.58. The van der Waals surface area contributed by atoms with Crippen LogP contribution in [-0.4, -0.2) is 72.5 Å². The number of rotatable bonds is 11. The highest BCUT2D eigenvalue weighted by atomic mass is 79.9. The van der Waals surface area contributed by atoms with Crippen LogP contribution in [0.15, 0.2) is 81.9 Å². The van der Waals surface area contributed by atoms with Crippen LogP contribution in [0.25, 0.3) is 0 Å². The smallest absolute Gasteiger partial charge is 0.254 e. The van der Waals surface area contributed by atoms with Gasteiger partial charge in [-0.15, -0.1) is 0 Å². The van der Waals surface area contributed by atoms with Gasteiger partial charge in [-0.05, 0) is 42.3 Å². The third kappa shape index (κ3) is 7.78. The van der Waals surface area contributed by atoms with Crippen LogP contribution in [0.4, 0.5) is 0 Å². The molecule has 0 spiro atoms. The van der Waals surface area contributed by atoms with Crippen molar-refractivity contribution in [3.8, 4) is 0 Å². The van der Waals surface area contributed by atoms with Crippen LogP contribution in [0.5, 0.6) is 0 Å². The molecule has 1 saturated heterocycles. The van der Waals surface area contributed by atoms with Gasteiger partial charge in [-0.25, -0.2) is 0 Å². The Morgan fingerprint density at radius 3 is 2.44 bits per heavy atom. The van der Waals surface area contributed by atoms with Gasteiger partial charge in [-0.3, -0.25) is 14.5 Å². The first kappa shape index (κ1) is 26.1. The van der Waals surface area contributed by atoms with E-state index in [-0.39, 0.29) is 18.4 Å². The maximum Gasteiger partial charge on any atom is 0.254 e. The summed E-state index contributed by atoms with van der Waals surface area (Å²) in [6, 6.07) is 20.8. The molecule has 3 aromatic rings. The fourth-order valence-corrected chi connectivity index (χ4v) is 4.66. The summed E-state index contributed by atoms with van der Waals surface area (Å²) in [6.45, 7) is 5.40. The molecule has 36 heavy (non-hydrogen) atoms. The van der Waals surface area contributed by atoms with Crippen molar-refractivity contribution in [3.05, 3.63) is 94.4 Å². The molecule has 0 unspecified atom stereocenters. The van der Waals surface area contributed by atoms with Gasteiger partial charge in [0.15, 0.2) is 0 Å². The number of nitrogens with zero attached hydrogens (tertiary/aromatic N) is 3. The van der Waals surface area contributed by atoms with E-state index < -0.39 is 0 Å². The molecule has 0 saturated carbocycles. The molecule has 0 atom stereocenters. The van der Waals surface area contributed by atoms with Crippen molar-refractivity contribution in [2.45, 2.75) is 19.5 Å². The van der Waals surface area contributed by atoms with E-state index in [1.165, 1.54) is 0 Å². The third-order valence-corrected chi connectivity index (χ3v) is 6.68. The molecule has 190 valence electrons. The van der Waals surface area contributed by atoms with Gasteiger partial charge >= 0.3 is 0 Å². The summed E-state index contributed by atoms with van der Waals surface area (Å²) in [4.78, 5) is 32.9. The number of benzene rings is 2. The molecule has 0 aliphatic carbocycles. The molecule has 0 N–H and O–H groups in total. The zero-order chi connectivity index (χ0) is 25.2. The molecule has 7 nitrogen and oxygen atoms in total. The minimum Gasteiger partial charge on any atom is -0.467 e. The third-order valence-electron chi connectivity index (χ3n) is 6.19. The maximum absolute atomic E-state index is 13.6. The van der Waals surface area contributed by atoms with Gasteiger partial charge in [0.1, 0.15) is 12.3 Å². The molecule has 1 aliphatic heterocycles. The molecule has 8 heteroatoms. The normalized spacial score (nSPS) is 13.9. The lowest BCUT2D eigenvalue weighted by atomic mass is 10.1. The Balaban J connectivity index is 1.48. The second kappa shape index (κ2) is 13.4. The second-order valence-corrected chi connectivity index (χ2v) is 9.78. The number of carbonyl (C=O) groups excluding carboxylic acids is 2. The Morgan fingerprint density at radius 1 is 0.917 bits per heavy atom. The zero-order valence-electron chi connectivity index (χ0n) is 20.4. The lowest BCUT2D eigenvalue weighted by Crippen LogP contribution is -2.44. The van der Waals surface area contributed by atoms with Crippen LogP contribution in [0, 0.1) is 0 Å². The van der Waals surface area contributed by atoms with Gasteiger partial charge in [0.2, 0.25) is 5.91 Å². The molecule has 1 aliphatic rings. The minimum atomic E-state index is -0.149. The second-order valence-electron chi connectivity index (χ2n) is 8.86. The van der Waals surface area contributed by atoms with Crippen LogP contribution in [0.1, 0.15) is 28.1 Å². The molecular formula is C28H32BrN3O4. The number of hydrogen-bond donors (Lipinski definition) is 0. The fraction of sp³-hybridized carbons (Fsp3) is 0.357. The summed E-state index contributed by atoms with van der Waals surface area (Å²) in [7, 11) is 0. The molecule has 0 radical (unpaired) electrons. The van der Waals surface area contributed by atoms with Crippen LogP contribution in [-0.2, 0) is 22.6 Å². The quantitative estimate of drug-likeness (QED) is 0.351. The largest absolute Gasteiger partial charge is 0.467 e. The van der Waals surface area contributed by atoms with E-state index in [0.29, 0.717) is 31.0 Å². The Morgan fingerprint density at radius 2 is 1.72 bits per heavy atom. The first-order valence-electron chi connectivity index (χ1n) is 12.3. The van der Waals surface area contributed by atoms with Crippen LogP contribution < -0.4 is 0 Å². The Bertz CT molecular complexity index is 1100. The Labute approximate surface area is 220 Å². The number of ether oxygens (including phenoxy) is 1. The predicted octanol–water partition coefficient (Wildman–Crippen LogP) is 4.44. The summed E-state index contributed by atoms with van der Waals surface area (Å²) in [5, 5.41) is 0. The van der Waals surface area contributed by atoms with E-state index in [1.807, 2.05) is 54.6 Å². The van der Waals surface area contributed by atoms with Gasteiger partial charge in [-0.1, -0.05) is 52.3 Å². The van der Waals surface area contributed by atoms with Crippen molar-refractivity contribution in [2.24, 2.45) is 0 Å². The van der Waals surface area contributed by atoms with E-state index in [1.54, 1.807) is 28.2 Å². The number of carbonyl (C=O) groups is 2. The molecular weight excluding hydrogens is 522 g/mol. The van der Waals surface area contributed by atoms with Crippen LogP contribution in [0.2, 0.25) is 0 Å². The SMILES string of the molecule is O=C(CN(CCCN1CCOCC1)C(=O)c1cccc(Br)c1)N(Cc1ccccc1)Cc1ccco1. The lowest BCUT2D eigenvalue weighted by molar-refractivity contribution is -0.133. The number of halogens is 1. The van der Waals surface area contributed by atoms with E-state index in [9.17, 15) is 9.59 Å². The molecule has 4 rings (SSSR count). The van der Waals surface area contributed by atoms with Crippen molar-refractivity contribution in [3.63, 3.8) is 0 Å². The lowest BCUT2D eigenvalue weighted by Gasteiger charge is -2.30. The van der Waals surface area contributed by atoms with Crippen LogP contribution in [0.3, 0.4) is 0 Å². The first-order chi connectivity index (χ1) is 17.6. The van der Waals surface area contributed by atoms with E-state index in [0.717, 1.165) is 49.3 Å². The number of hydrogen-bond acceptors (Lipinski definition) is 5. The minimum absolute atomic E-state index is 0.00198. The number of amides is 2. The summed E-state index contributed by atoms with van der Waals surface area (Å²) in [5.74, 6) is 0.436. The number of morpholine rings is 1. The van der Waals surface area contributed by atoms with E-state index >= 15 is 0 Å². The highest BCUT2D eigenvalue weighted by Gasteiger charge is 2.24. The highest BCUT2D eigenvalue weighted by Crippen LogP contribution is 2.16. The summed E-state index contributed by atoms with van der Waals surface area (Å²) < 4.78 is 11.8. The van der Waals surface area contributed by atoms with E-state index in [4.69, 9.17) is 9.15 Å². The van der Waals surface area contributed by atoms with Gasteiger partial charge in [0.25, 0.3) is 5.91 Å². The Hall–Kier alpha value is -2.94. The Kier molecular flexibility index (Phi) is 9.72. The summed E-state index contributed by atoms with van der Waals surface area (Å²) in [6.07, 6.45) is 2.39. The standard InChI is InChI=1S/C28H32BrN3O4/c29-25-10-4-9-24(19-25)28(34)31(13-6-12-30-14-17-35-18-15-30)22-27(33)32(21-26-11-5-16-36-26)20-23-7-2-1-3-8-23/h1-5,7-11,16,19H,6,12-15,17-18,20-22H2. The maximum atomic E-state index is 13.6.